The minimum atomic E-state index is -1.15. The fourth-order valence-electron chi connectivity index (χ4n) is 2.87. The first-order chi connectivity index (χ1) is 16.3. The second kappa shape index (κ2) is 11.0. The van der Waals surface area contributed by atoms with Gasteiger partial charge in [-0.2, -0.15) is 10.4 Å². The van der Waals surface area contributed by atoms with Crippen molar-refractivity contribution >= 4 is 29.7 Å². The number of aromatic amines is 1. The number of hydrazone groups is 1. The number of nitrogens with one attached hydrogen (secondary N) is 2. The van der Waals surface area contributed by atoms with Gasteiger partial charge in [0.15, 0.2) is 17.6 Å². The highest BCUT2D eigenvalue weighted by Crippen LogP contribution is 2.37. The van der Waals surface area contributed by atoms with Crippen LogP contribution in [0.5, 0.6) is 11.5 Å². The predicted molar refractivity (Wildman–Crippen MR) is 127 cm³/mol. The number of aliphatic carboxylic acids is 1. The minimum Gasteiger partial charge on any atom is -0.490 e. The highest BCUT2D eigenvalue weighted by atomic mass is 35.5. The second-order valence-electron chi connectivity index (χ2n) is 6.85. The van der Waals surface area contributed by atoms with Crippen LogP contribution in [-0.2, 0) is 4.79 Å². The van der Waals surface area contributed by atoms with Crippen LogP contribution >= 0.6 is 11.6 Å². The maximum Gasteiger partial charge on any atom is 0.344 e. The monoisotopic (exact) mass is 481 g/mol. The van der Waals surface area contributed by atoms with Gasteiger partial charge in [-0.3, -0.25) is 9.78 Å². The Balaban J connectivity index is 1.88. The molecule has 1 heterocycles. The molecule has 11 heteroatoms. The van der Waals surface area contributed by atoms with Crippen molar-refractivity contribution in [1.82, 2.24) is 9.97 Å². The number of benzene rings is 2. The molecular weight excluding hydrogens is 462 g/mol. The summed E-state index contributed by atoms with van der Waals surface area (Å²) >= 11 is 6.29. The van der Waals surface area contributed by atoms with Crippen molar-refractivity contribution in [1.29, 1.82) is 5.26 Å². The van der Waals surface area contributed by atoms with Gasteiger partial charge in [-0.25, -0.2) is 15.2 Å². The molecule has 0 fully saturated rings. The molecule has 1 atom stereocenters. The number of rotatable bonds is 9. The number of anilines is 1. The fraction of sp³-hybridized carbons (Fsp3) is 0.174. The van der Waals surface area contributed by atoms with E-state index >= 15 is 0 Å². The number of carboxylic acid groups (broad SMARTS) is 1. The number of hydrogen-bond donors (Lipinski definition) is 3. The Morgan fingerprint density at radius 1 is 1.38 bits per heavy atom. The molecule has 10 nitrogen and oxygen atoms in total. The van der Waals surface area contributed by atoms with E-state index in [4.69, 9.17) is 26.2 Å². The van der Waals surface area contributed by atoms with Crippen LogP contribution in [-0.4, -0.2) is 40.0 Å². The minimum absolute atomic E-state index is 0.0328. The summed E-state index contributed by atoms with van der Waals surface area (Å²) in [6.07, 6.45) is 0.273. The zero-order valence-electron chi connectivity index (χ0n) is 18.2. The van der Waals surface area contributed by atoms with Gasteiger partial charge in [-0.1, -0.05) is 41.9 Å². The average molecular weight is 482 g/mol. The third-order valence-electron chi connectivity index (χ3n) is 4.44. The largest absolute Gasteiger partial charge is 0.490 e. The number of nitriles is 1. The molecule has 0 radical (unpaired) electrons. The Kier molecular flexibility index (Phi) is 7.84. The summed E-state index contributed by atoms with van der Waals surface area (Å²) in [6, 6.07) is 13.8. The summed E-state index contributed by atoms with van der Waals surface area (Å²) in [6.45, 7) is 3.44. The van der Waals surface area contributed by atoms with E-state index in [9.17, 15) is 14.9 Å². The van der Waals surface area contributed by atoms with Crippen molar-refractivity contribution in [2.75, 3.05) is 12.0 Å². The lowest BCUT2D eigenvalue weighted by Gasteiger charge is -2.16. The summed E-state index contributed by atoms with van der Waals surface area (Å²) in [7, 11) is 0. The maximum atomic E-state index is 12.3. The van der Waals surface area contributed by atoms with E-state index in [2.05, 4.69) is 20.5 Å². The van der Waals surface area contributed by atoms with Crippen LogP contribution < -0.4 is 20.5 Å². The SMILES string of the molecule is CCOc1cc(C=NNc2nc(-c3ccccc3)c(C#N)c(=O)[nH]2)cc(Cl)c1OC(C)C(=O)O. The van der Waals surface area contributed by atoms with Gasteiger partial charge in [-0.15, -0.1) is 0 Å². The third-order valence-corrected chi connectivity index (χ3v) is 4.72. The van der Waals surface area contributed by atoms with Gasteiger partial charge < -0.3 is 14.6 Å². The summed E-state index contributed by atoms with van der Waals surface area (Å²) in [5.74, 6) is -0.757. The fourth-order valence-corrected chi connectivity index (χ4v) is 3.13. The standard InChI is InChI=1S/C23H20ClN5O5/c1-3-33-18-10-14(9-17(24)20(18)34-13(2)22(31)32)12-26-29-23-27-19(15-7-5-4-6-8-15)16(11-25)21(30)28-23/h4-10,12-13H,3H2,1-2H3,(H,31,32)(H2,27,28,29,30). The Morgan fingerprint density at radius 3 is 2.76 bits per heavy atom. The first kappa shape index (κ1) is 24.3. The number of carbonyl (C=O) groups is 1. The topological polar surface area (TPSA) is 150 Å². The van der Waals surface area contributed by atoms with Crippen LogP contribution in [0.15, 0.2) is 52.4 Å². The number of carboxylic acids is 1. The lowest BCUT2D eigenvalue weighted by molar-refractivity contribution is -0.144. The van der Waals surface area contributed by atoms with Crippen molar-refractivity contribution in [3.05, 3.63) is 69.0 Å². The molecule has 174 valence electrons. The smallest absolute Gasteiger partial charge is 0.344 e. The van der Waals surface area contributed by atoms with Gasteiger partial charge in [0, 0.05) is 5.56 Å². The maximum absolute atomic E-state index is 12.3. The van der Waals surface area contributed by atoms with Crippen molar-refractivity contribution < 1.29 is 19.4 Å². The third kappa shape index (κ3) is 5.70. The number of halogens is 1. The Labute approximate surface area is 199 Å². The summed E-state index contributed by atoms with van der Waals surface area (Å²) in [5, 5.41) is 22.6. The lowest BCUT2D eigenvalue weighted by atomic mass is 10.1. The molecule has 0 saturated carbocycles. The van der Waals surface area contributed by atoms with Gasteiger partial charge in [0.05, 0.1) is 23.5 Å². The molecule has 0 spiro atoms. The lowest BCUT2D eigenvalue weighted by Crippen LogP contribution is -2.23. The molecule has 0 aliphatic heterocycles. The van der Waals surface area contributed by atoms with Crippen molar-refractivity contribution in [2.45, 2.75) is 20.0 Å². The number of nitrogens with zero attached hydrogens (tertiary/aromatic N) is 3. The molecule has 0 bridgehead atoms. The Bertz CT molecular complexity index is 1320. The van der Waals surface area contributed by atoms with Crippen molar-refractivity contribution in [3.63, 3.8) is 0 Å². The molecule has 3 aromatic rings. The second-order valence-corrected chi connectivity index (χ2v) is 7.25. The van der Waals surface area contributed by atoms with Crippen LogP contribution in [0.25, 0.3) is 11.3 Å². The van der Waals surface area contributed by atoms with E-state index in [1.807, 2.05) is 12.1 Å². The summed E-state index contributed by atoms with van der Waals surface area (Å²) < 4.78 is 11.0. The molecule has 2 aromatic carbocycles. The van der Waals surface area contributed by atoms with E-state index in [1.54, 1.807) is 37.3 Å². The Hall–Kier alpha value is -4.36. The van der Waals surface area contributed by atoms with Gasteiger partial charge in [-0.05, 0) is 31.5 Å². The molecule has 1 aromatic heterocycles. The molecule has 1 unspecified atom stereocenters. The molecule has 0 aliphatic rings. The van der Waals surface area contributed by atoms with Crippen LogP contribution in [0.2, 0.25) is 5.02 Å². The van der Waals surface area contributed by atoms with Gasteiger partial charge in [0.25, 0.3) is 5.56 Å². The number of ether oxygens (including phenoxy) is 2. The summed E-state index contributed by atoms with van der Waals surface area (Å²) in [5.41, 5.74) is 3.25. The van der Waals surface area contributed by atoms with Crippen molar-refractivity contribution in [3.8, 4) is 28.8 Å². The first-order valence-electron chi connectivity index (χ1n) is 10.1. The van der Waals surface area contributed by atoms with Crippen LogP contribution in [0.1, 0.15) is 25.0 Å². The zero-order chi connectivity index (χ0) is 24.7. The van der Waals surface area contributed by atoms with Crippen LogP contribution in [0.3, 0.4) is 0 Å². The van der Waals surface area contributed by atoms with Gasteiger partial charge in [0.1, 0.15) is 11.6 Å². The highest BCUT2D eigenvalue weighted by Gasteiger charge is 2.19. The molecular formula is C23H20ClN5O5. The molecule has 0 amide bonds. The van der Waals surface area contributed by atoms with E-state index in [0.717, 1.165) is 0 Å². The van der Waals surface area contributed by atoms with E-state index in [1.165, 1.54) is 19.2 Å². The quantitative estimate of drug-likeness (QED) is 0.309. The molecule has 0 saturated heterocycles. The van der Waals surface area contributed by atoms with Gasteiger partial charge >= 0.3 is 5.97 Å². The van der Waals surface area contributed by atoms with E-state index in [-0.39, 0.29) is 33.7 Å². The van der Waals surface area contributed by atoms with Crippen LogP contribution in [0.4, 0.5) is 5.95 Å². The van der Waals surface area contributed by atoms with E-state index < -0.39 is 17.6 Å². The number of aromatic nitrogens is 2. The average Bonchev–Trinajstić information content (AvgIpc) is 2.81. The van der Waals surface area contributed by atoms with Crippen molar-refractivity contribution in [2.24, 2.45) is 5.10 Å². The molecule has 3 rings (SSSR count). The highest BCUT2D eigenvalue weighted by molar-refractivity contribution is 6.32. The normalized spacial score (nSPS) is 11.6. The summed E-state index contributed by atoms with van der Waals surface area (Å²) in [4.78, 5) is 30.2. The van der Waals surface area contributed by atoms with Gasteiger partial charge in [0.2, 0.25) is 5.95 Å². The van der Waals surface area contributed by atoms with E-state index in [0.29, 0.717) is 17.7 Å². The number of hydrogen-bond acceptors (Lipinski definition) is 8. The predicted octanol–water partition coefficient (Wildman–Crippen LogP) is 3.66. The van der Waals surface area contributed by atoms with Crippen LogP contribution in [0, 0.1) is 11.3 Å². The first-order valence-corrected chi connectivity index (χ1v) is 10.5. The number of H-pyrrole nitrogens is 1. The molecule has 34 heavy (non-hydrogen) atoms. The Morgan fingerprint density at radius 2 is 2.12 bits per heavy atom. The molecule has 3 N–H and O–H groups in total. The molecule has 0 aliphatic carbocycles. The zero-order valence-corrected chi connectivity index (χ0v) is 19.0.